The van der Waals surface area contributed by atoms with Crippen molar-refractivity contribution in [2.45, 2.75) is 46.3 Å². The van der Waals surface area contributed by atoms with Gasteiger partial charge in [-0.1, -0.05) is 19.4 Å². The molecule has 1 atom stereocenters. The van der Waals surface area contributed by atoms with Crippen LogP contribution in [0.4, 0.5) is 5.69 Å². The van der Waals surface area contributed by atoms with E-state index in [4.69, 9.17) is 12.2 Å². The van der Waals surface area contributed by atoms with Crippen LogP contribution in [0.2, 0.25) is 0 Å². The molecule has 0 aliphatic rings. The second-order valence-electron chi connectivity index (χ2n) is 4.25. The largest absolute Gasteiger partial charge is 0.397 e. The Bertz CT molecular complexity index is 386. The van der Waals surface area contributed by atoms with Crippen molar-refractivity contribution in [1.82, 2.24) is 0 Å². The van der Waals surface area contributed by atoms with Crippen molar-refractivity contribution in [1.29, 1.82) is 0 Å². The molecule has 0 radical (unpaired) electrons. The van der Waals surface area contributed by atoms with Crippen LogP contribution >= 0.6 is 0 Å². The van der Waals surface area contributed by atoms with E-state index >= 15 is 0 Å². The van der Waals surface area contributed by atoms with Crippen molar-refractivity contribution in [2.24, 2.45) is 5.73 Å². The third-order valence-corrected chi connectivity index (χ3v) is 2.50. The third-order valence-electron chi connectivity index (χ3n) is 2.50. The maximum absolute atomic E-state index is 9.26. The van der Waals surface area contributed by atoms with Crippen LogP contribution in [0.5, 0.6) is 0 Å². The van der Waals surface area contributed by atoms with Crippen molar-refractivity contribution in [3.05, 3.63) is 29.3 Å². The smallest absolute Gasteiger partial charge is 0.0682 e. The molecule has 0 aromatic heterocycles. The first kappa shape index (κ1) is 16.0. The Morgan fingerprint density at radius 2 is 1.95 bits per heavy atom. The van der Waals surface area contributed by atoms with Crippen LogP contribution in [0, 0.1) is 0 Å². The molecule has 19 heavy (non-hydrogen) atoms. The molecule has 1 aromatic rings. The van der Waals surface area contributed by atoms with Gasteiger partial charge in [-0.25, -0.2) is 0 Å². The van der Waals surface area contributed by atoms with Crippen LogP contribution in [0.1, 0.15) is 52.2 Å². The summed E-state index contributed by atoms with van der Waals surface area (Å²) in [6.45, 7) is 6.71. The van der Waals surface area contributed by atoms with Gasteiger partial charge >= 0.3 is 0 Å². The number of nitrogens with two attached hydrogens (primary N) is 1. The van der Waals surface area contributed by atoms with E-state index in [0.29, 0.717) is 11.6 Å². The molecule has 0 saturated heterocycles. The predicted octanol–water partition coefficient (Wildman–Crippen LogP) is 2.41. The summed E-state index contributed by atoms with van der Waals surface area (Å²) < 4.78 is 8.02. The number of nitrogens with one attached hydrogen (secondary N) is 1. The van der Waals surface area contributed by atoms with Gasteiger partial charge in [0.15, 0.2) is 0 Å². The zero-order valence-electron chi connectivity index (χ0n) is 13.2. The lowest BCUT2D eigenvalue weighted by Crippen LogP contribution is -2.11. The van der Waals surface area contributed by atoms with Gasteiger partial charge in [0.05, 0.1) is 7.98 Å². The van der Waals surface area contributed by atoms with Crippen molar-refractivity contribution >= 4 is 5.69 Å². The number of rotatable bonds is 6. The maximum Gasteiger partial charge on any atom is 0.0682 e. The molecule has 0 bridgehead atoms. The Balaban J connectivity index is 0.00000110. The van der Waals surface area contributed by atoms with E-state index in [0.717, 1.165) is 30.6 Å². The van der Waals surface area contributed by atoms with E-state index in [1.54, 1.807) is 6.92 Å². The van der Waals surface area contributed by atoms with Crippen LogP contribution in [0.25, 0.3) is 0 Å². The highest BCUT2D eigenvalue weighted by atomic mass is 16.3. The monoisotopic (exact) mass is 270 g/mol. The Morgan fingerprint density at radius 1 is 1.32 bits per heavy atom. The van der Waals surface area contributed by atoms with Crippen molar-refractivity contribution < 1.29 is 11.6 Å². The van der Waals surface area contributed by atoms with Crippen molar-refractivity contribution in [2.75, 3.05) is 18.5 Å². The van der Waals surface area contributed by atoms with Gasteiger partial charge < -0.3 is 21.3 Å². The van der Waals surface area contributed by atoms with Gasteiger partial charge in [0.25, 0.3) is 0 Å². The molecule has 4 heteroatoms. The number of benzene rings is 1. The van der Waals surface area contributed by atoms with Crippen molar-refractivity contribution in [3.8, 4) is 0 Å². The molecule has 1 unspecified atom stereocenters. The van der Waals surface area contributed by atoms with E-state index in [1.807, 2.05) is 19.1 Å². The highest BCUT2D eigenvalue weighted by molar-refractivity contribution is 5.49. The zero-order valence-corrected chi connectivity index (χ0v) is 12.2. The second kappa shape index (κ2) is 10.8. The fourth-order valence-corrected chi connectivity index (χ4v) is 1.71. The van der Waals surface area contributed by atoms with Crippen LogP contribution in [-0.4, -0.2) is 23.4 Å². The normalized spacial score (nSPS) is 12.2. The minimum absolute atomic E-state index is 0.121. The summed E-state index contributed by atoms with van der Waals surface area (Å²) in [4.78, 5) is 0. The Labute approximate surface area is 118 Å². The lowest BCUT2D eigenvalue weighted by Gasteiger charge is -2.14. The van der Waals surface area contributed by atoms with E-state index in [9.17, 15) is 5.11 Å². The summed E-state index contributed by atoms with van der Waals surface area (Å²) in [6, 6.07) is 3.98. The first-order chi connectivity index (χ1) is 9.55. The Kier molecular flexibility index (Phi) is 9.06. The molecule has 110 valence electrons. The van der Waals surface area contributed by atoms with Crippen LogP contribution in [-0.2, 0) is 6.61 Å². The Morgan fingerprint density at radius 3 is 2.42 bits per heavy atom. The highest BCUT2D eigenvalue weighted by Gasteiger charge is 2.07. The number of hydrogen-bond donors (Lipinski definition) is 4. The molecule has 1 aromatic carbocycles. The van der Waals surface area contributed by atoms with Crippen LogP contribution < -0.4 is 11.1 Å². The summed E-state index contributed by atoms with van der Waals surface area (Å²) in [5.74, 6) is 0. The first-order valence-electron chi connectivity index (χ1n) is 7.40. The highest BCUT2D eigenvalue weighted by Crippen LogP contribution is 2.22. The number of aliphatic hydroxyl groups excluding tert-OH is 2. The molecule has 0 heterocycles. The first-order valence-corrected chi connectivity index (χ1v) is 6.90. The van der Waals surface area contributed by atoms with Gasteiger partial charge in [0, 0.05) is 24.9 Å². The average Bonchev–Trinajstić information content (AvgIpc) is 2.42. The summed E-state index contributed by atoms with van der Waals surface area (Å²) in [5.41, 5.74) is 8.43. The number of aliphatic hydroxyl groups is 2. The lowest BCUT2D eigenvalue weighted by atomic mass is 10.00. The minimum Gasteiger partial charge on any atom is -0.397 e. The summed E-state index contributed by atoms with van der Waals surface area (Å²) in [5, 5.41) is 20.0. The summed E-state index contributed by atoms with van der Waals surface area (Å²) in [7, 11) is 0. The predicted molar refractivity (Wildman–Crippen MR) is 81.1 cm³/mol. The minimum atomic E-state index is -0.128. The van der Waals surface area contributed by atoms with E-state index in [2.05, 4.69) is 12.2 Å². The van der Waals surface area contributed by atoms with Gasteiger partial charge in [-0.15, -0.1) is 0 Å². The molecule has 0 aliphatic heterocycles. The lowest BCUT2D eigenvalue weighted by molar-refractivity contribution is 0.281. The van der Waals surface area contributed by atoms with Gasteiger partial charge in [0.2, 0.25) is 0 Å². The number of hydrogen-bond acceptors (Lipinski definition) is 4. The fourth-order valence-electron chi connectivity index (χ4n) is 1.71. The molecule has 4 nitrogen and oxygen atoms in total. The number of anilines is 1. The molecule has 5 N–H and O–H groups in total. The maximum atomic E-state index is 9.26. The second-order valence-corrected chi connectivity index (χ2v) is 4.25. The molecule has 0 aliphatic carbocycles. The molecule has 0 spiro atoms. The molecule has 0 amide bonds. The van der Waals surface area contributed by atoms with Gasteiger partial charge in [-0.2, -0.15) is 0 Å². The van der Waals surface area contributed by atoms with Crippen LogP contribution in [0.3, 0.4) is 0 Å². The van der Waals surface area contributed by atoms with E-state index in [1.165, 1.54) is 0 Å². The molecular weight excluding hydrogens is 240 g/mol. The van der Waals surface area contributed by atoms with Crippen molar-refractivity contribution in [3.63, 3.8) is 0 Å². The standard InChI is InChI=1S/C13H22N2O.C2H6O/c1-3-5-13(14)11-6-10(9-16)7-12(8-11)15-4-2;1-2-3/h6-8,13,15-16H,3-5,9,14H2,1-2H3;3H,2H2,1H3/i6T;. The zero-order chi connectivity index (χ0) is 15.5. The van der Waals surface area contributed by atoms with E-state index in [-0.39, 0.29) is 19.3 Å². The fraction of sp³-hybridized carbons (Fsp3) is 0.600. The average molecular weight is 270 g/mol. The third kappa shape index (κ3) is 7.15. The summed E-state index contributed by atoms with van der Waals surface area (Å²) >= 11 is 0. The summed E-state index contributed by atoms with van der Waals surface area (Å²) in [6.07, 6.45) is 1.84. The van der Waals surface area contributed by atoms with Crippen LogP contribution in [0.15, 0.2) is 18.2 Å². The van der Waals surface area contributed by atoms with Gasteiger partial charge in [-0.3, -0.25) is 0 Å². The quantitative estimate of drug-likeness (QED) is 0.640. The molecule has 0 fully saturated rings. The topological polar surface area (TPSA) is 78.5 Å². The van der Waals surface area contributed by atoms with Gasteiger partial charge in [0.1, 0.15) is 0 Å². The van der Waals surface area contributed by atoms with Gasteiger partial charge in [-0.05, 0) is 43.5 Å². The SMILES string of the molecule is CCO.[3H]c1c(CO)cc(NCC)cc1C(N)CCC. The molecular formula is C15H28N2O2. The molecule has 0 saturated carbocycles. The molecule has 1 rings (SSSR count). The Hall–Kier alpha value is -1.10. The van der Waals surface area contributed by atoms with E-state index < -0.39 is 0 Å².